The summed E-state index contributed by atoms with van der Waals surface area (Å²) in [5, 5.41) is 47.2. The maximum Gasteiger partial charge on any atom is 2.00 e. The molecule has 0 radical (unpaired) electrons. The van der Waals surface area contributed by atoms with E-state index in [2.05, 4.69) is 186 Å². The van der Waals surface area contributed by atoms with E-state index in [1.807, 2.05) is 18.3 Å². The van der Waals surface area contributed by atoms with Crippen molar-refractivity contribution in [3.8, 4) is 67.8 Å². The molecule has 3 aliphatic rings. The Bertz CT molecular complexity index is 4490. The number of hydrogen-bond donors (Lipinski definition) is 0. The van der Waals surface area contributed by atoms with Gasteiger partial charge >= 0.3 is 20.4 Å². The molecule has 8 aromatic carbocycles. The fraction of sp³-hybridized carbons (Fsp3) is 0. The average Bonchev–Trinajstić information content (AvgIpc) is 4.39. The first-order chi connectivity index (χ1) is 37.7. The summed E-state index contributed by atoms with van der Waals surface area (Å²) in [4.78, 5) is 23.5. The van der Waals surface area contributed by atoms with Gasteiger partial charge in [-0.1, -0.05) is 97.1 Å². The van der Waals surface area contributed by atoms with Crippen LogP contribution in [0.4, 0.5) is 0 Å². The Labute approximate surface area is 447 Å². The van der Waals surface area contributed by atoms with Crippen molar-refractivity contribution in [3.63, 3.8) is 0 Å². The first kappa shape index (κ1) is 43.1. The van der Waals surface area contributed by atoms with Crippen LogP contribution in [-0.2, 0) is 20.4 Å². The van der Waals surface area contributed by atoms with Gasteiger partial charge in [0.2, 0.25) is 0 Å². The second-order valence-electron chi connectivity index (χ2n) is 19.1. The van der Waals surface area contributed by atoms with Crippen LogP contribution in [-0.4, -0.2) is 69.0 Å². The van der Waals surface area contributed by atoms with Crippen molar-refractivity contribution in [2.75, 3.05) is 0 Å². The zero-order chi connectivity index (χ0) is 49.6. The smallest absolute Gasteiger partial charge is 0.653 e. The molecule has 2 aliphatic heterocycles. The Hall–Kier alpha value is -10.3. The molecule has 8 bridgehead atoms. The van der Waals surface area contributed by atoms with Crippen LogP contribution in [0.1, 0.15) is 0 Å². The molecule has 362 valence electrons. The van der Waals surface area contributed by atoms with Gasteiger partial charge < -0.3 is 9.97 Å². The van der Waals surface area contributed by atoms with Gasteiger partial charge in [-0.15, -0.1) is 62.9 Å². The Balaban J connectivity index is 0.00000498. The summed E-state index contributed by atoms with van der Waals surface area (Å²) in [5.74, 6) is 0. The van der Waals surface area contributed by atoms with E-state index in [1.165, 1.54) is 0 Å². The fourth-order valence-electron chi connectivity index (χ4n) is 11.6. The SMILES string of the molecule is [Pd+2].c1ccc2cc3c(cc2c1)-c1nc-3c(-n2cnnc2)c2[n-]c(c(-n3cnnc3)c3nc(c(-n4cnnc4)c4[n-]c(c1-n1cnnc1)c1cc5ccccc5cc41)-c1cc4ccccc4cc1-3)c1cc3ccccc3cc21. The molecule has 0 saturated carbocycles. The summed E-state index contributed by atoms with van der Waals surface area (Å²) < 4.78 is 7.68. The maximum atomic E-state index is 5.86. The molecule has 0 atom stereocenters. The molecule has 0 spiro atoms. The molecule has 0 amide bonds. The summed E-state index contributed by atoms with van der Waals surface area (Å²) >= 11 is 0. The van der Waals surface area contributed by atoms with Crippen LogP contribution < -0.4 is 9.97 Å². The molecule has 1 aliphatic carbocycles. The molecule has 16 nitrogen and oxygen atoms in total. The fourth-order valence-corrected chi connectivity index (χ4v) is 11.6. The normalized spacial score (nSPS) is 12.1. The summed E-state index contributed by atoms with van der Waals surface area (Å²) in [6.07, 6.45) is 13.7. The minimum absolute atomic E-state index is 0. The Morgan fingerprint density at radius 3 is 0.662 bits per heavy atom. The van der Waals surface area contributed by atoms with Crippen molar-refractivity contribution in [2.45, 2.75) is 0 Å². The molecular formula is C60H32N16Pd. The van der Waals surface area contributed by atoms with E-state index < -0.39 is 0 Å². The van der Waals surface area contributed by atoms with Gasteiger partial charge in [-0.2, -0.15) is 0 Å². The Morgan fingerprint density at radius 1 is 0.260 bits per heavy atom. The van der Waals surface area contributed by atoms with Gasteiger partial charge in [-0.25, -0.2) is 9.97 Å². The van der Waals surface area contributed by atoms with Crippen LogP contribution >= 0.6 is 0 Å². The van der Waals surface area contributed by atoms with E-state index in [0.717, 1.165) is 86.9 Å². The predicted octanol–water partition coefficient (Wildman–Crippen LogP) is 11.5. The van der Waals surface area contributed by atoms with Crippen LogP contribution in [0.15, 0.2) is 196 Å². The van der Waals surface area contributed by atoms with Gasteiger partial charge in [0.15, 0.2) is 0 Å². The molecule has 0 saturated heterocycles. The van der Waals surface area contributed by atoms with E-state index >= 15 is 0 Å². The number of nitrogens with zero attached hydrogens (tertiary/aromatic N) is 16. The molecule has 6 aromatic heterocycles. The molecule has 0 fully saturated rings. The van der Waals surface area contributed by atoms with Gasteiger partial charge in [0, 0.05) is 22.3 Å². The average molecular weight is 1080 g/mol. The standard InChI is InChI=1S/C60H32N16.Pd/c1-2-10-34-18-42-41(17-33(34)9-1)49-57(73-25-61-62-26-73)51-43-19-35-11-3-4-12-36(35)20-44(43)53(70-51)59(75-29-65-66-30-75)55-47-23-39-15-7-8-16-40(39)24-48(47)56(72-55)60(76-31-67-68-32-76)54-46-22-38-14-6-5-13-37(38)21-45(46)52(71-54)58(50(42)69-49)74-27-63-64-28-74;/h1-32H;/q-2;+2. The molecule has 14 aromatic rings. The number of rotatable bonds is 4. The third-order valence-corrected chi connectivity index (χ3v) is 15.0. The maximum absolute atomic E-state index is 5.86. The minimum atomic E-state index is 0. The second kappa shape index (κ2) is 16.3. The summed E-state index contributed by atoms with van der Waals surface area (Å²) in [7, 11) is 0. The van der Waals surface area contributed by atoms with Crippen molar-refractivity contribution in [3.05, 3.63) is 196 Å². The summed E-state index contributed by atoms with van der Waals surface area (Å²) in [5.41, 5.74) is 11.4. The van der Waals surface area contributed by atoms with Gasteiger partial charge in [0.1, 0.15) is 50.6 Å². The first-order valence-corrected chi connectivity index (χ1v) is 24.5. The second-order valence-corrected chi connectivity index (χ2v) is 19.1. The van der Waals surface area contributed by atoms with Crippen LogP contribution in [0.25, 0.3) is 154 Å². The van der Waals surface area contributed by atoms with Crippen molar-refractivity contribution >= 4 is 86.7 Å². The zero-order valence-electron chi connectivity index (χ0n) is 39.9. The van der Waals surface area contributed by atoms with Gasteiger partial charge in [0.25, 0.3) is 0 Å². The number of fused-ring (bicyclic) bond motifs is 4. The van der Waals surface area contributed by atoms with Gasteiger partial charge in [-0.3, -0.25) is 18.3 Å². The Morgan fingerprint density at radius 2 is 0.455 bits per heavy atom. The Kier molecular flexibility index (Phi) is 9.14. The van der Waals surface area contributed by atoms with E-state index in [4.69, 9.17) is 19.9 Å². The van der Waals surface area contributed by atoms with Crippen molar-refractivity contribution in [1.29, 1.82) is 0 Å². The van der Waals surface area contributed by atoms with Crippen LogP contribution in [0, 0.1) is 0 Å². The predicted molar refractivity (Wildman–Crippen MR) is 293 cm³/mol. The molecule has 77 heavy (non-hydrogen) atoms. The largest absolute Gasteiger partial charge is 2.00 e. The van der Waals surface area contributed by atoms with E-state index in [0.29, 0.717) is 67.6 Å². The topological polar surface area (TPSA) is 177 Å². The number of aromatic nitrogens is 16. The summed E-state index contributed by atoms with van der Waals surface area (Å²) in [6, 6.07) is 51.2. The third kappa shape index (κ3) is 6.29. The van der Waals surface area contributed by atoms with Crippen LogP contribution in [0.5, 0.6) is 0 Å². The first-order valence-electron chi connectivity index (χ1n) is 24.5. The number of benzene rings is 8. The van der Waals surface area contributed by atoms with Crippen molar-refractivity contribution < 1.29 is 20.4 Å². The van der Waals surface area contributed by atoms with Crippen molar-refractivity contribution in [1.82, 2.24) is 79.0 Å². The minimum Gasteiger partial charge on any atom is -0.653 e. The van der Waals surface area contributed by atoms with E-state index in [-0.39, 0.29) is 20.4 Å². The molecule has 8 heterocycles. The molecule has 17 rings (SSSR count). The molecular weight excluding hydrogens is 1050 g/mol. The van der Waals surface area contributed by atoms with Crippen LogP contribution in [0.3, 0.4) is 0 Å². The van der Waals surface area contributed by atoms with Crippen molar-refractivity contribution in [2.24, 2.45) is 0 Å². The van der Waals surface area contributed by atoms with Gasteiger partial charge in [-0.05, 0) is 113 Å². The third-order valence-electron chi connectivity index (χ3n) is 15.0. The van der Waals surface area contributed by atoms with E-state index in [9.17, 15) is 0 Å². The van der Waals surface area contributed by atoms with Crippen LogP contribution in [0.2, 0.25) is 0 Å². The summed E-state index contributed by atoms with van der Waals surface area (Å²) in [6.45, 7) is 0. The zero-order valence-corrected chi connectivity index (χ0v) is 41.5. The molecule has 0 N–H and O–H groups in total. The van der Waals surface area contributed by atoms with Gasteiger partial charge in [0.05, 0.1) is 45.5 Å². The molecule has 0 unspecified atom stereocenters. The monoisotopic (exact) mass is 1080 g/mol. The quantitative estimate of drug-likeness (QED) is 0.153. The van der Waals surface area contributed by atoms with E-state index in [1.54, 1.807) is 50.6 Å². The number of hydrogen-bond acceptors (Lipinski definition) is 10. The molecule has 17 heteroatoms.